The van der Waals surface area contributed by atoms with Gasteiger partial charge in [-0.05, 0) is 62.3 Å². The van der Waals surface area contributed by atoms with Gasteiger partial charge in [-0.25, -0.2) is 14.5 Å². The molecule has 3 aromatic rings. The van der Waals surface area contributed by atoms with Gasteiger partial charge in [-0.3, -0.25) is 19.4 Å². The number of nitrogens with zero attached hydrogens (tertiary/aromatic N) is 4. The fourth-order valence-electron chi connectivity index (χ4n) is 6.34. The number of benzene rings is 1. The zero-order valence-corrected chi connectivity index (χ0v) is 32.7. The SMILES string of the molecule is C=CC1C[C@]1(NC(=O)[C@@H]1C[C@@H](Oc2nc(-c3ccncc3)cc3ccccc23)CN1C(=O)[C@@H](NC(=O)OC(C)(C)C)C(C)(C)C)C(=O)NS(=O)(=O)N(C)C. The number of amides is 4. The zero-order valence-electron chi connectivity index (χ0n) is 31.9. The van der Waals surface area contributed by atoms with Crippen molar-refractivity contribution in [2.24, 2.45) is 11.3 Å². The smallest absolute Gasteiger partial charge is 0.408 e. The Morgan fingerprint density at radius 1 is 1.06 bits per heavy atom. The molecular weight excluding hydrogens is 715 g/mol. The molecule has 3 N–H and O–H groups in total. The average molecular weight is 764 g/mol. The van der Waals surface area contributed by atoms with Crippen molar-refractivity contribution < 1.29 is 37.1 Å². The molecule has 54 heavy (non-hydrogen) atoms. The van der Waals surface area contributed by atoms with Crippen LogP contribution in [0, 0.1) is 11.3 Å². The van der Waals surface area contributed by atoms with E-state index in [0.717, 1.165) is 15.3 Å². The number of carbonyl (C=O) groups excluding carboxylic acids is 4. The lowest BCUT2D eigenvalue weighted by Crippen LogP contribution is -2.60. The number of likely N-dealkylation sites (tertiary alicyclic amines) is 1. The second kappa shape index (κ2) is 15.0. The predicted molar refractivity (Wildman–Crippen MR) is 202 cm³/mol. The van der Waals surface area contributed by atoms with E-state index in [1.165, 1.54) is 25.1 Å². The number of carbonyl (C=O) groups is 4. The second-order valence-electron chi connectivity index (χ2n) is 15.9. The Kier molecular flexibility index (Phi) is 11.1. The van der Waals surface area contributed by atoms with E-state index in [-0.39, 0.29) is 25.3 Å². The molecule has 1 saturated carbocycles. The first-order valence-corrected chi connectivity index (χ1v) is 19.1. The minimum Gasteiger partial charge on any atom is -0.472 e. The third-order valence-corrected chi connectivity index (χ3v) is 10.7. The number of ether oxygens (including phenoxy) is 2. The number of hydrogen-bond donors (Lipinski definition) is 3. The second-order valence-corrected chi connectivity index (χ2v) is 17.8. The molecule has 3 heterocycles. The standard InChI is InChI=1S/C38H49N7O8S/c1-10-25-21-38(25,34(48)43-54(50,51)44(8)9)42-31(46)29-20-26(22-45(29)33(47)30(36(2,3)4)41-35(49)53-37(5,6)7)52-32-27-14-12-11-13-24(27)19-28(40-32)23-15-17-39-18-16-23/h10-19,25-26,29-30H,1,20-22H2,2-9H3,(H,41,49)(H,42,46)(H,43,48)/t25?,26-,29+,30-,38-/m1/s1. The van der Waals surface area contributed by atoms with Crippen LogP contribution in [-0.4, -0.2) is 101 Å². The number of aromatic nitrogens is 2. The summed E-state index contributed by atoms with van der Waals surface area (Å²) in [5.41, 5.74) is -1.86. The summed E-state index contributed by atoms with van der Waals surface area (Å²) in [6.45, 7) is 14.1. The van der Waals surface area contributed by atoms with E-state index in [0.29, 0.717) is 11.1 Å². The molecule has 2 aliphatic rings. The van der Waals surface area contributed by atoms with E-state index in [9.17, 15) is 27.6 Å². The van der Waals surface area contributed by atoms with Crippen molar-refractivity contribution in [3.8, 4) is 17.1 Å². The predicted octanol–water partition coefficient (Wildman–Crippen LogP) is 3.57. The summed E-state index contributed by atoms with van der Waals surface area (Å²) >= 11 is 0. The van der Waals surface area contributed by atoms with E-state index in [1.54, 1.807) is 53.9 Å². The number of fused-ring (bicyclic) bond motifs is 1. The molecule has 2 fully saturated rings. The first kappa shape index (κ1) is 40.1. The van der Waals surface area contributed by atoms with Crippen molar-refractivity contribution in [1.29, 1.82) is 0 Å². The number of hydrogen-bond acceptors (Lipinski definition) is 10. The number of alkyl carbamates (subject to hydrolysis) is 1. The van der Waals surface area contributed by atoms with Crippen LogP contribution in [0.15, 0.2) is 67.5 Å². The van der Waals surface area contributed by atoms with Gasteiger partial charge in [0.2, 0.25) is 17.7 Å². The summed E-state index contributed by atoms with van der Waals surface area (Å²) in [4.78, 5) is 65.7. The first-order valence-electron chi connectivity index (χ1n) is 17.6. The van der Waals surface area contributed by atoms with E-state index in [1.807, 2.05) is 47.2 Å². The van der Waals surface area contributed by atoms with Crippen molar-refractivity contribution in [3.63, 3.8) is 0 Å². The van der Waals surface area contributed by atoms with Crippen LogP contribution in [0.3, 0.4) is 0 Å². The van der Waals surface area contributed by atoms with Crippen LogP contribution in [0.5, 0.6) is 5.88 Å². The number of nitrogens with one attached hydrogen (secondary N) is 3. The molecule has 1 aromatic carbocycles. The number of rotatable bonds is 11. The van der Waals surface area contributed by atoms with Gasteiger partial charge in [0.25, 0.3) is 5.91 Å². The van der Waals surface area contributed by atoms with Crippen molar-refractivity contribution in [1.82, 2.24) is 34.5 Å². The average Bonchev–Trinajstić information content (AvgIpc) is 3.64. The highest BCUT2D eigenvalue weighted by Gasteiger charge is 2.61. The Morgan fingerprint density at radius 3 is 2.31 bits per heavy atom. The maximum Gasteiger partial charge on any atom is 0.408 e. The van der Waals surface area contributed by atoms with Gasteiger partial charge in [0.05, 0.1) is 12.2 Å². The van der Waals surface area contributed by atoms with Crippen LogP contribution in [0.25, 0.3) is 22.0 Å². The van der Waals surface area contributed by atoms with Crippen LogP contribution in [-0.2, 0) is 29.3 Å². The van der Waals surface area contributed by atoms with Gasteiger partial charge >= 0.3 is 16.3 Å². The summed E-state index contributed by atoms with van der Waals surface area (Å²) in [6.07, 6.45) is 3.31. The number of pyridine rings is 2. The third-order valence-electron chi connectivity index (χ3n) is 9.34. The fraction of sp³-hybridized carbons (Fsp3) is 0.474. The monoisotopic (exact) mass is 763 g/mol. The van der Waals surface area contributed by atoms with Crippen molar-refractivity contribution in [3.05, 3.63) is 67.5 Å². The van der Waals surface area contributed by atoms with E-state index in [2.05, 4.69) is 22.2 Å². The first-order chi connectivity index (χ1) is 25.1. The Bertz CT molecular complexity index is 2050. The van der Waals surface area contributed by atoms with Gasteiger partial charge in [-0.15, -0.1) is 6.58 Å². The van der Waals surface area contributed by atoms with Gasteiger partial charge in [-0.2, -0.15) is 12.7 Å². The molecule has 2 aromatic heterocycles. The van der Waals surface area contributed by atoms with Gasteiger partial charge in [0.15, 0.2) is 0 Å². The lowest BCUT2D eigenvalue weighted by Gasteiger charge is -2.36. The van der Waals surface area contributed by atoms with E-state index >= 15 is 0 Å². The van der Waals surface area contributed by atoms with Gasteiger partial charge in [0, 0.05) is 49.8 Å². The van der Waals surface area contributed by atoms with Crippen molar-refractivity contribution >= 4 is 44.8 Å². The minimum atomic E-state index is -4.19. The molecule has 0 radical (unpaired) electrons. The van der Waals surface area contributed by atoms with Crippen LogP contribution in [0.2, 0.25) is 0 Å². The summed E-state index contributed by atoms with van der Waals surface area (Å²) in [6, 6.07) is 10.8. The lowest BCUT2D eigenvalue weighted by molar-refractivity contribution is -0.143. The molecule has 290 valence electrons. The fourth-order valence-corrected chi connectivity index (χ4v) is 6.94. The molecule has 15 nitrogen and oxygen atoms in total. The van der Waals surface area contributed by atoms with Gasteiger partial charge in [0.1, 0.15) is 29.3 Å². The molecule has 1 aliphatic carbocycles. The summed E-state index contributed by atoms with van der Waals surface area (Å²) in [5.74, 6) is -2.49. The van der Waals surface area contributed by atoms with Gasteiger partial charge < -0.3 is 25.0 Å². The largest absolute Gasteiger partial charge is 0.472 e. The van der Waals surface area contributed by atoms with E-state index < -0.39 is 74.7 Å². The summed E-state index contributed by atoms with van der Waals surface area (Å²) < 4.78 is 40.1. The Balaban J connectivity index is 1.50. The Morgan fingerprint density at radius 2 is 1.72 bits per heavy atom. The normalized spacial score (nSPS) is 21.9. The highest BCUT2D eigenvalue weighted by molar-refractivity contribution is 7.87. The van der Waals surface area contributed by atoms with Crippen LogP contribution in [0.4, 0.5) is 4.79 Å². The topological polar surface area (TPSA) is 189 Å². The van der Waals surface area contributed by atoms with Crippen LogP contribution < -0.4 is 20.1 Å². The maximum atomic E-state index is 14.6. The molecule has 16 heteroatoms. The molecule has 0 spiro atoms. The van der Waals surface area contributed by atoms with E-state index in [4.69, 9.17) is 14.5 Å². The Hall–Kier alpha value is -5.09. The molecule has 4 amide bonds. The molecule has 0 bridgehead atoms. The molecule has 5 atom stereocenters. The molecule has 1 unspecified atom stereocenters. The van der Waals surface area contributed by atoms with Crippen molar-refractivity contribution in [2.45, 2.75) is 83.7 Å². The molecular formula is C38H49N7O8S. The van der Waals surface area contributed by atoms with Gasteiger partial charge in [-0.1, -0.05) is 45.0 Å². The highest BCUT2D eigenvalue weighted by atomic mass is 32.2. The van der Waals surface area contributed by atoms with Crippen LogP contribution >= 0.6 is 0 Å². The lowest BCUT2D eigenvalue weighted by atomic mass is 9.85. The van der Waals surface area contributed by atoms with Crippen molar-refractivity contribution in [2.75, 3.05) is 20.6 Å². The summed E-state index contributed by atoms with van der Waals surface area (Å²) in [5, 5.41) is 7.03. The third kappa shape index (κ3) is 8.81. The quantitative estimate of drug-likeness (QED) is 0.244. The highest BCUT2D eigenvalue weighted by Crippen LogP contribution is 2.45. The minimum absolute atomic E-state index is 0.0111. The Labute approximate surface area is 316 Å². The maximum absolute atomic E-state index is 14.6. The van der Waals surface area contributed by atoms with Crippen LogP contribution in [0.1, 0.15) is 54.4 Å². The molecule has 1 aliphatic heterocycles. The zero-order chi connectivity index (χ0) is 39.8. The molecule has 1 saturated heterocycles. The summed E-state index contributed by atoms with van der Waals surface area (Å²) in [7, 11) is -1.65. The molecule has 5 rings (SSSR count).